The molecular formula is C26H32N4O3. The lowest BCUT2D eigenvalue weighted by molar-refractivity contribution is 0.0673. The summed E-state index contributed by atoms with van der Waals surface area (Å²) < 4.78 is 1.51. The summed E-state index contributed by atoms with van der Waals surface area (Å²) in [6, 6.07) is 11.6. The van der Waals surface area contributed by atoms with Crippen molar-refractivity contribution in [1.29, 1.82) is 0 Å². The van der Waals surface area contributed by atoms with Gasteiger partial charge in [0.25, 0.3) is 11.5 Å². The molecule has 1 unspecified atom stereocenters. The Morgan fingerprint density at radius 3 is 2.48 bits per heavy atom. The van der Waals surface area contributed by atoms with Crippen LogP contribution < -0.4 is 11.2 Å². The van der Waals surface area contributed by atoms with Crippen molar-refractivity contribution >= 4 is 16.9 Å². The molecule has 0 spiro atoms. The van der Waals surface area contributed by atoms with Gasteiger partial charge < -0.3 is 4.90 Å². The van der Waals surface area contributed by atoms with Crippen molar-refractivity contribution in [3.8, 4) is 0 Å². The van der Waals surface area contributed by atoms with Crippen LogP contribution in [0.1, 0.15) is 74.5 Å². The molecule has 1 amide bonds. The Morgan fingerprint density at radius 2 is 1.88 bits per heavy atom. The highest BCUT2D eigenvalue weighted by molar-refractivity contribution is 6.05. The van der Waals surface area contributed by atoms with Crippen molar-refractivity contribution in [3.63, 3.8) is 0 Å². The van der Waals surface area contributed by atoms with E-state index in [2.05, 4.69) is 4.98 Å². The molecule has 174 valence electrons. The van der Waals surface area contributed by atoms with Gasteiger partial charge in [-0.25, -0.2) is 9.78 Å². The number of nitrogens with one attached hydrogen (secondary N) is 1. The first-order valence-corrected chi connectivity index (χ1v) is 11.8. The van der Waals surface area contributed by atoms with Crippen LogP contribution in [0.4, 0.5) is 0 Å². The van der Waals surface area contributed by atoms with Crippen LogP contribution in [0.3, 0.4) is 0 Å². The Balaban J connectivity index is 1.91. The first-order chi connectivity index (χ1) is 15.8. The van der Waals surface area contributed by atoms with E-state index in [1.54, 1.807) is 6.07 Å². The van der Waals surface area contributed by atoms with Gasteiger partial charge in [0.05, 0.1) is 10.9 Å². The lowest BCUT2D eigenvalue weighted by Crippen LogP contribution is -2.39. The molecule has 1 saturated carbocycles. The largest absolute Gasteiger partial charge is 0.332 e. The van der Waals surface area contributed by atoms with Crippen molar-refractivity contribution in [2.24, 2.45) is 5.92 Å². The van der Waals surface area contributed by atoms with Gasteiger partial charge in [0.15, 0.2) is 5.65 Å². The second-order valence-electron chi connectivity index (χ2n) is 9.51. The van der Waals surface area contributed by atoms with Crippen molar-refractivity contribution in [2.75, 3.05) is 0 Å². The third kappa shape index (κ3) is 4.77. The minimum absolute atomic E-state index is 0.0223. The van der Waals surface area contributed by atoms with Crippen LogP contribution in [0, 0.1) is 5.92 Å². The molecule has 0 saturated heterocycles. The number of amides is 1. The molecule has 2 heterocycles. The average Bonchev–Trinajstić information content (AvgIpc) is 3.64. The van der Waals surface area contributed by atoms with Gasteiger partial charge in [-0.15, -0.1) is 0 Å². The SMILES string of the molecule is CCC(C)N(Cc1ccccc1)C(=O)c1cc(C2CC2)nc2c1c(=O)[nH]c(=O)n2CC(C)C. The highest BCUT2D eigenvalue weighted by Gasteiger charge is 2.31. The summed E-state index contributed by atoms with van der Waals surface area (Å²) in [5.74, 6) is 0.244. The van der Waals surface area contributed by atoms with E-state index in [4.69, 9.17) is 4.98 Å². The average molecular weight is 449 g/mol. The summed E-state index contributed by atoms with van der Waals surface area (Å²) in [5.41, 5.74) is 1.42. The first kappa shape index (κ1) is 23.0. The highest BCUT2D eigenvalue weighted by Crippen LogP contribution is 2.40. The molecule has 4 rings (SSSR count). The molecule has 1 aliphatic rings. The molecule has 1 atom stereocenters. The predicted octanol–water partition coefficient (Wildman–Crippen LogP) is 4.06. The molecule has 0 aliphatic heterocycles. The maximum absolute atomic E-state index is 14.0. The van der Waals surface area contributed by atoms with E-state index in [-0.39, 0.29) is 29.2 Å². The molecule has 0 bridgehead atoms. The van der Waals surface area contributed by atoms with Crippen LogP contribution in [0.25, 0.3) is 11.0 Å². The Labute approximate surface area is 193 Å². The molecule has 1 N–H and O–H groups in total. The number of H-pyrrole nitrogens is 1. The Hall–Kier alpha value is -3.22. The van der Waals surface area contributed by atoms with Gasteiger partial charge in [0.1, 0.15) is 0 Å². The van der Waals surface area contributed by atoms with Gasteiger partial charge in [-0.2, -0.15) is 0 Å². The number of hydrogen-bond donors (Lipinski definition) is 1. The smallest absolute Gasteiger partial charge is 0.330 e. The molecule has 7 nitrogen and oxygen atoms in total. The van der Waals surface area contributed by atoms with E-state index < -0.39 is 11.2 Å². The third-order valence-electron chi connectivity index (χ3n) is 6.32. The molecule has 0 radical (unpaired) electrons. The highest BCUT2D eigenvalue weighted by atomic mass is 16.2. The van der Waals surface area contributed by atoms with Gasteiger partial charge in [-0.1, -0.05) is 51.1 Å². The number of nitrogens with zero attached hydrogens (tertiary/aromatic N) is 3. The van der Waals surface area contributed by atoms with Gasteiger partial charge in [0.2, 0.25) is 0 Å². The van der Waals surface area contributed by atoms with E-state index in [1.807, 2.05) is 62.9 Å². The normalized spacial score (nSPS) is 14.6. The molecule has 7 heteroatoms. The van der Waals surface area contributed by atoms with Gasteiger partial charge in [-0.3, -0.25) is 19.1 Å². The van der Waals surface area contributed by atoms with Crippen LogP contribution in [0.5, 0.6) is 0 Å². The summed E-state index contributed by atoms with van der Waals surface area (Å²) in [6.45, 7) is 8.93. The maximum atomic E-state index is 14.0. The third-order valence-corrected chi connectivity index (χ3v) is 6.32. The second kappa shape index (κ2) is 9.33. The van der Waals surface area contributed by atoms with Crippen LogP contribution in [-0.4, -0.2) is 31.4 Å². The number of fused-ring (bicyclic) bond motifs is 1. The fourth-order valence-electron chi connectivity index (χ4n) is 4.17. The number of carbonyl (C=O) groups excluding carboxylic acids is 1. The van der Waals surface area contributed by atoms with E-state index in [1.165, 1.54) is 4.57 Å². The van der Waals surface area contributed by atoms with E-state index in [9.17, 15) is 14.4 Å². The second-order valence-corrected chi connectivity index (χ2v) is 9.51. The summed E-state index contributed by atoms with van der Waals surface area (Å²) in [5, 5.41) is 0.200. The molecule has 1 aliphatic carbocycles. The topological polar surface area (TPSA) is 88.1 Å². The lowest BCUT2D eigenvalue weighted by atomic mass is 10.0. The van der Waals surface area contributed by atoms with Crippen molar-refractivity contribution in [3.05, 3.63) is 74.1 Å². The van der Waals surface area contributed by atoms with Crippen LogP contribution in [-0.2, 0) is 13.1 Å². The summed E-state index contributed by atoms with van der Waals surface area (Å²) in [7, 11) is 0. The Morgan fingerprint density at radius 1 is 1.18 bits per heavy atom. The van der Waals surface area contributed by atoms with Crippen molar-refractivity contribution < 1.29 is 4.79 Å². The zero-order valence-electron chi connectivity index (χ0n) is 19.8. The number of carbonyl (C=O) groups is 1. The maximum Gasteiger partial charge on any atom is 0.330 e. The van der Waals surface area contributed by atoms with Crippen LogP contribution >= 0.6 is 0 Å². The summed E-state index contributed by atoms with van der Waals surface area (Å²) >= 11 is 0. The van der Waals surface area contributed by atoms with Gasteiger partial charge in [0, 0.05) is 30.7 Å². The molecule has 33 heavy (non-hydrogen) atoms. The molecule has 1 aromatic carbocycles. The van der Waals surface area contributed by atoms with Gasteiger partial charge >= 0.3 is 5.69 Å². The zero-order chi connectivity index (χ0) is 23.7. The van der Waals surface area contributed by atoms with E-state index >= 15 is 0 Å². The Kier molecular flexibility index (Phi) is 6.49. The van der Waals surface area contributed by atoms with E-state index in [0.717, 1.165) is 30.5 Å². The molecule has 2 aromatic heterocycles. The number of pyridine rings is 1. The van der Waals surface area contributed by atoms with Crippen LogP contribution in [0.15, 0.2) is 46.0 Å². The number of rotatable bonds is 8. The minimum atomic E-state index is -0.558. The fourth-order valence-corrected chi connectivity index (χ4v) is 4.17. The molecular weight excluding hydrogens is 416 g/mol. The summed E-state index contributed by atoms with van der Waals surface area (Å²) in [6.07, 6.45) is 2.79. The van der Waals surface area contributed by atoms with Crippen molar-refractivity contribution in [1.82, 2.24) is 19.4 Å². The number of benzene rings is 1. The number of hydrogen-bond acceptors (Lipinski definition) is 4. The van der Waals surface area contributed by atoms with Gasteiger partial charge in [-0.05, 0) is 43.7 Å². The summed E-state index contributed by atoms with van der Waals surface area (Å²) in [4.78, 5) is 48.6. The zero-order valence-corrected chi connectivity index (χ0v) is 19.8. The minimum Gasteiger partial charge on any atom is -0.332 e. The lowest BCUT2D eigenvalue weighted by Gasteiger charge is -2.29. The molecule has 3 aromatic rings. The predicted molar refractivity (Wildman–Crippen MR) is 130 cm³/mol. The van der Waals surface area contributed by atoms with E-state index in [0.29, 0.717) is 24.3 Å². The standard InChI is InChI=1S/C26H32N4O3/c1-5-17(4)29(15-18-9-7-6-8-10-18)25(32)20-13-21(19-11-12-19)27-23-22(20)24(31)28-26(33)30(23)14-16(2)3/h6-10,13,16-17,19H,5,11-12,14-15H2,1-4H3,(H,28,31,33). The fraction of sp³-hybridized carbons (Fsp3) is 0.462. The first-order valence-electron chi connectivity index (χ1n) is 11.8. The van der Waals surface area contributed by atoms with Crippen molar-refractivity contribution in [2.45, 2.75) is 72.0 Å². The number of aromatic amines is 1. The monoisotopic (exact) mass is 448 g/mol. The quantitative estimate of drug-likeness (QED) is 0.563. The number of aromatic nitrogens is 3. The van der Waals surface area contributed by atoms with Crippen LogP contribution in [0.2, 0.25) is 0 Å². The molecule has 1 fully saturated rings. The Bertz CT molecular complexity index is 1270.